The van der Waals surface area contributed by atoms with Gasteiger partial charge in [-0.3, -0.25) is 4.98 Å². The second kappa shape index (κ2) is 5.79. The van der Waals surface area contributed by atoms with Crippen LogP contribution in [0.25, 0.3) is 10.9 Å². The first-order valence-corrected chi connectivity index (χ1v) is 9.06. The predicted molar refractivity (Wildman–Crippen MR) is 82.0 cm³/mol. The van der Waals surface area contributed by atoms with Crippen LogP contribution in [0.5, 0.6) is 0 Å². The van der Waals surface area contributed by atoms with Crippen molar-refractivity contribution in [2.24, 2.45) is 0 Å². The number of hydrogen-bond donors (Lipinski definition) is 1. The molecule has 0 saturated carbocycles. The number of fused-ring (bicyclic) bond motifs is 1. The molecule has 0 aliphatic heterocycles. The molecule has 0 unspecified atom stereocenters. The molecule has 4 nitrogen and oxygen atoms in total. The van der Waals surface area contributed by atoms with Crippen molar-refractivity contribution in [1.29, 1.82) is 0 Å². The number of nitrogens with zero attached hydrogens (tertiary/aromatic N) is 1. The fourth-order valence-electron chi connectivity index (χ4n) is 1.76. The SMILES string of the molecule is CS(=O)(=O)CCSCc1ccc(N)c2cccnc12. The van der Waals surface area contributed by atoms with E-state index in [1.165, 1.54) is 6.26 Å². The number of hydrogen-bond acceptors (Lipinski definition) is 5. The van der Waals surface area contributed by atoms with Crippen molar-refractivity contribution < 1.29 is 8.42 Å². The summed E-state index contributed by atoms with van der Waals surface area (Å²) in [4.78, 5) is 4.36. The van der Waals surface area contributed by atoms with Gasteiger partial charge in [0.05, 0.1) is 11.3 Å². The summed E-state index contributed by atoms with van der Waals surface area (Å²) in [5, 5.41) is 0.948. The lowest BCUT2D eigenvalue weighted by molar-refractivity contribution is 0.603. The second-order valence-corrected chi connectivity index (χ2v) is 7.76. The normalized spacial score (nSPS) is 11.8. The molecular formula is C13H16N2O2S2. The van der Waals surface area contributed by atoms with E-state index in [2.05, 4.69) is 4.98 Å². The highest BCUT2D eigenvalue weighted by Gasteiger charge is 2.06. The number of anilines is 1. The molecule has 1 aromatic carbocycles. The topological polar surface area (TPSA) is 73.0 Å². The summed E-state index contributed by atoms with van der Waals surface area (Å²) < 4.78 is 22.1. The van der Waals surface area contributed by atoms with Gasteiger partial charge in [-0.15, -0.1) is 0 Å². The van der Waals surface area contributed by atoms with Gasteiger partial charge >= 0.3 is 0 Å². The molecule has 2 N–H and O–H groups in total. The third kappa shape index (κ3) is 3.84. The van der Waals surface area contributed by atoms with Gasteiger partial charge in [-0.2, -0.15) is 11.8 Å². The maximum Gasteiger partial charge on any atom is 0.148 e. The third-order valence-electron chi connectivity index (χ3n) is 2.74. The number of rotatable bonds is 5. The molecule has 0 aliphatic rings. The summed E-state index contributed by atoms with van der Waals surface area (Å²) in [7, 11) is -2.88. The molecule has 0 aliphatic carbocycles. The zero-order chi connectivity index (χ0) is 13.9. The molecule has 0 spiro atoms. The van der Waals surface area contributed by atoms with E-state index in [9.17, 15) is 8.42 Å². The Morgan fingerprint density at radius 1 is 1.32 bits per heavy atom. The number of nitrogens with two attached hydrogens (primary N) is 1. The molecule has 2 rings (SSSR count). The van der Waals surface area contributed by atoms with E-state index in [1.54, 1.807) is 18.0 Å². The zero-order valence-electron chi connectivity index (χ0n) is 10.7. The molecular weight excluding hydrogens is 280 g/mol. The highest BCUT2D eigenvalue weighted by atomic mass is 32.2. The van der Waals surface area contributed by atoms with Crippen LogP contribution in [0.1, 0.15) is 5.56 Å². The first-order chi connectivity index (χ1) is 8.97. The Morgan fingerprint density at radius 3 is 2.84 bits per heavy atom. The molecule has 2 aromatic rings. The number of pyridine rings is 1. The van der Waals surface area contributed by atoms with Crippen LogP contribution < -0.4 is 5.73 Å². The van der Waals surface area contributed by atoms with Crippen molar-refractivity contribution >= 4 is 38.2 Å². The van der Waals surface area contributed by atoms with Crippen LogP contribution in [0, 0.1) is 0 Å². The average Bonchev–Trinajstić information content (AvgIpc) is 2.36. The van der Waals surface area contributed by atoms with E-state index in [1.807, 2.05) is 24.3 Å². The highest BCUT2D eigenvalue weighted by Crippen LogP contribution is 2.25. The average molecular weight is 296 g/mol. The van der Waals surface area contributed by atoms with Crippen LogP contribution in [-0.2, 0) is 15.6 Å². The van der Waals surface area contributed by atoms with Gasteiger partial charge in [-0.05, 0) is 23.8 Å². The minimum atomic E-state index is -2.88. The van der Waals surface area contributed by atoms with Crippen LogP contribution in [0.2, 0.25) is 0 Å². The standard InChI is InChI=1S/C13H16N2O2S2/c1-19(16,17)8-7-18-9-10-4-5-12(14)11-3-2-6-15-13(10)11/h2-6H,7-9,14H2,1H3. The molecule has 0 fully saturated rings. The minimum absolute atomic E-state index is 0.206. The van der Waals surface area contributed by atoms with Crippen LogP contribution >= 0.6 is 11.8 Å². The summed E-state index contributed by atoms with van der Waals surface area (Å²) in [5.74, 6) is 1.54. The summed E-state index contributed by atoms with van der Waals surface area (Å²) in [6.45, 7) is 0. The Bertz CT molecular complexity index is 684. The third-order valence-corrected chi connectivity index (χ3v) is 4.96. The molecule has 1 aromatic heterocycles. The Hall–Kier alpha value is -1.27. The maximum absolute atomic E-state index is 11.1. The maximum atomic E-state index is 11.1. The molecule has 0 saturated heterocycles. The lowest BCUT2D eigenvalue weighted by atomic mass is 10.1. The number of nitrogen functional groups attached to an aromatic ring is 1. The van der Waals surface area contributed by atoms with Crippen molar-refractivity contribution in [2.45, 2.75) is 5.75 Å². The van der Waals surface area contributed by atoms with Crippen molar-refractivity contribution in [2.75, 3.05) is 23.5 Å². The van der Waals surface area contributed by atoms with E-state index < -0.39 is 9.84 Å². The van der Waals surface area contributed by atoms with Crippen molar-refractivity contribution in [3.05, 3.63) is 36.0 Å². The van der Waals surface area contributed by atoms with E-state index in [-0.39, 0.29) is 5.75 Å². The van der Waals surface area contributed by atoms with Gasteiger partial charge in [0, 0.05) is 35.0 Å². The Labute approximate surface area is 117 Å². The fourth-order valence-corrected chi connectivity index (χ4v) is 4.04. The quantitative estimate of drug-likeness (QED) is 0.675. The Morgan fingerprint density at radius 2 is 2.11 bits per heavy atom. The van der Waals surface area contributed by atoms with Crippen LogP contribution in [0.15, 0.2) is 30.5 Å². The monoisotopic (exact) mass is 296 g/mol. The van der Waals surface area contributed by atoms with Crippen LogP contribution in [0.4, 0.5) is 5.69 Å². The molecule has 0 amide bonds. The molecule has 0 bridgehead atoms. The summed E-state index contributed by atoms with van der Waals surface area (Å²) in [6, 6.07) is 7.64. The first kappa shape index (κ1) is 14.1. The van der Waals surface area contributed by atoms with E-state index in [0.29, 0.717) is 11.4 Å². The number of thioether (sulfide) groups is 1. The van der Waals surface area contributed by atoms with Gasteiger partial charge in [0.2, 0.25) is 0 Å². The molecule has 1 heterocycles. The van der Waals surface area contributed by atoms with Gasteiger partial charge in [0.25, 0.3) is 0 Å². The van der Waals surface area contributed by atoms with Gasteiger partial charge in [-0.1, -0.05) is 6.07 Å². The zero-order valence-corrected chi connectivity index (χ0v) is 12.3. The Kier molecular flexibility index (Phi) is 4.31. The molecule has 0 radical (unpaired) electrons. The molecule has 102 valence electrons. The number of sulfone groups is 1. The largest absolute Gasteiger partial charge is 0.398 e. The Balaban J connectivity index is 2.11. The van der Waals surface area contributed by atoms with Gasteiger partial charge in [-0.25, -0.2) is 8.42 Å². The minimum Gasteiger partial charge on any atom is -0.398 e. The number of benzene rings is 1. The summed E-state index contributed by atoms with van der Waals surface area (Å²) >= 11 is 1.59. The number of aromatic nitrogens is 1. The predicted octanol–water partition coefficient (Wildman–Crippen LogP) is 2.09. The van der Waals surface area contributed by atoms with Gasteiger partial charge in [0.15, 0.2) is 0 Å². The van der Waals surface area contributed by atoms with Crippen molar-refractivity contribution in [1.82, 2.24) is 4.98 Å². The molecule has 19 heavy (non-hydrogen) atoms. The van der Waals surface area contributed by atoms with Gasteiger partial charge in [0.1, 0.15) is 9.84 Å². The van der Waals surface area contributed by atoms with E-state index >= 15 is 0 Å². The molecule has 6 heteroatoms. The van der Waals surface area contributed by atoms with Crippen molar-refractivity contribution in [3.63, 3.8) is 0 Å². The van der Waals surface area contributed by atoms with Crippen LogP contribution in [0.3, 0.4) is 0 Å². The van der Waals surface area contributed by atoms with Gasteiger partial charge < -0.3 is 5.73 Å². The molecule has 0 atom stereocenters. The smallest absolute Gasteiger partial charge is 0.148 e. The van der Waals surface area contributed by atoms with Crippen molar-refractivity contribution in [3.8, 4) is 0 Å². The lowest BCUT2D eigenvalue weighted by Crippen LogP contribution is -2.05. The highest BCUT2D eigenvalue weighted by molar-refractivity contribution is 7.99. The lowest BCUT2D eigenvalue weighted by Gasteiger charge is -2.07. The van der Waals surface area contributed by atoms with E-state index in [4.69, 9.17) is 5.73 Å². The van der Waals surface area contributed by atoms with E-state index in [0.717, 1.165) is 22.2 Å². The van der Waals surface area contributed by atoms with Crippen LogP contribution in [-0.4, -0.2) is 31.2 Å². The fraction of sp³-hybridized carbons (Fsp3) is 0.308. The summed E-state index contributed by atoms with van der Waals surface area (Å²) in [5.41, 5.74) is 8.61. The first-order valence-electron chi connectivity index (χ1n) is 5.85. The summed E-state index contributed by atoms with van der Waals surface area (Å²) in [6.07, 6.45) is 3.00. The second-order valence-electron chi connectivity index (χ2n) is 4.40.